The maximum atomic E-state index is 9.16. The summed E-state index contributed by atoms with van der Waals surface area (Å²) in [4.78, 5) is 0. The zero-order chi connectivity index (χ0) is 13.8. The van der Waals surface area contributed by atoms with Crippen molar-refractivity contribution >= 4 is 23.2 Å². The highest BCUT2D eigenvalue weighted by Crippen LogP contribution is 2.24. The van der Waals surface area contributed by atoms with E-state index >= 15 is 0 Å². The second-order valence-corrected chi connectivity index (χ2v) is 4.47. The van der Waals surface area contributed by atoms with Gasteiger partial charge in [-0.2, -0.15) is 5.26 Å². The first-order chi connectivity index (χ1) is 9.17. The molecule has 0 unspecified atom stereocenters. The molecule has 0 radical (unpaired) electrons. The standard InChI is InChI=1S/C13H14ClN5/c1-2-7-17-13-11(8-15)12(16)19(18-13)10-5-3-9(14)4-6-10/h3-6H,2,7,16H2,1H3,(H,17,18). The van der Waals surface area contributed by atoms with Crippen LogP contribution in [0, 0.1) is 11.3 Å². The van der Waals surface area contributed by atoms with Crippen LogP contribution in [0.3, 0.4) is 0 Å². The highest BCUT2D eigenvalue weighted by Gasteiger charge is 2.15. The minimum Gasteiger partial charge on any atom is -0.382 e. The SMILES string of the molecule is CCCNc1nn(-c2ccc(Cl)cc2)c(N)c1C#N. The van der Waals surface area contributed by atoms with Crippen molar-refractivity contribution in [2.24, 2.45) is 0 Å². The number of anilines is 2. The van der Waals surface area contributed by atoms with E-state index in [0.717, 1.165) is 18.7 Å². The van der Waals surface area contributed by atoms with Gasteiger partial charge in [-0.3, -0.25) is 0 Å². The molecule has 0 saturated carbocycles. The van der Waals surface area contributed by atoms with Crippen molar-refractivity contribution in [3.63, 3.8) is 0 Å². The number of hydrogen-bond donors (Lipinski definition) is 2. The Kier molecular flexibility index (Phi) is 3.93. The molecule has 1 aromatic carbocycles. The highest BCUT2D eigenvalue weighted by molar-refractivity contribution is 6.30. The lowest BCUT2D eigenvalue weighted by molar-refractivity contribution is 0.880. The van der Waals surface area contributed by atoms with E-state index < -0.39 is 0 Å². The monoisotopic (exact) mass is 275 g/mol. The molecule has 0 aliphatic rings. The van der Waals surface area contributed by atoms with Crippen LogP contribution in [0.25, 0.3) is 5.69 Å². The number of hydrogen-bond acceptors (Lipinski definition) is 4. The Morgan fingerprint density at radius 2 is 2.11 bits per heavy atom. The third-order valence-corrected chi connectivity index (χ3v) is 2.90. The van der Waals surface area contributed by atoms with Crippen LogP contribution in [-0.2, 0) is 0 Å². The van der Waals surface area contributed by atoms with Gasteiger partial charge in [0, 0.05) is 11.6 Å². The number of benzene rings is 1. The Hall–Kier alpha value is -2.19. The van der Waals surface area contributed by atoms with Gasteiger partial charge in [-0.1, -0.05) is 18.5 Å². The van der Waals surface area contributed by atoms with Crippen LogP contribution in [0.15, 0.2) is 24.3 Å². The van der Waals surface area contributed by atoms with E-state index in [-0.39, 0.29) is 0 Å². The number of nitrogen functional groups attached to an aromatic ring is 1. The van der Waals surface area contributed by atoms with Crippen molar-refractivity contribution in [2.75, 3.05) is 17.6 Å². The molecule has 3 N–H and O–H groups in total. The molecular formula is C13H14ClN5. The fraction of sp³-hybridized carbons (Fsp3) is 0.231. The molecular weight excluding hydrogens is 262 g/mol. The van der Waals surface area contributed by atoms with E-state index in [9.17, 15) is 0 Å². The Balaban J connectivity index is 2.44. The first-order valence-electron chi connectivity index (χ1n) is 5.95. The van der Waals surface area contributed by atoms with Crippen molar-refractivity contribution < 1.29 is 0 Å². The summed E-state index contributed by atoms with van der Waals surface area (Å²) in [5, 5.41) is 17.2. The molecule has 5 nitrogen and oxygen atoms in total. The van der Waals surface area contributed by atoms with Gasteiger partial charge >= 0.3 is 0 Å². The van der Waals surface area contributed by atoms with Gasteiger partial charge in [0.1, 0.15) is 17.5 Å². The minimum absolute atomic E-state index is 0.323. The number of nitriles is 1. The van der Waals surface area contributed by atoms with Crippen molar-refractivity contribution in [3.8, 4) is 11.8 Å². The number of nitrogens with zero attached hydrogens (tertiary/aromatic N) is 3. The zero-order valence-electron chi connectivity index (χ0n) is 10.5. The maximum absolute atomic E-state index is 9.16. The maximum Gasteiger partial charge on any atom is 0.168 e. The van der Waals surface area contributed by atoms with Crippen molar-refractivity contribution in [3.05, 3.63) is 34.9 Å². The summed E-state index contributed by atoms with van der Waals surface area (Å²) in [5.74, 6) is 0.834. The topological polar surface area (TPSA) is 79.7 Å². The molecule has 1 aromatic heterocycles. The van der Waals surface area contributed by atoms with E-state index in [0.29, 0.717) is 22.2 Å². The number of nitrogens with two attached hydrogens (primary N) is 1. The molecule has 0 bridgehead atoms. The average molecular weight is 276 g/mol. The normalized spacial score (nSPS) is 10.2. The molecule has 0 fully saturated rings. The number of rotatable bonds is 4. The molecule has 0 saturated heterocycles. The van der Waals surface area contributed by atoms with Crippen LogP contribution in [0.5, 0.6) is 0 Å². The van der Waals surface area contributed by atoms with Gasteiger partial charge in [0.25, 0.3) is 0 Å². The molecule has 2 aromatic rings. The third kappa shape index (κ3) is 2.64. The van der Waals surface area contributed by atoms with Gasteiger partial charge in [-0.15, -0.1) is 5.10 Å². The van der Waals surface area contributed by atoms with Gasteiger partial charge in [0.05, 0.1) is 5.69 Å². The molecule has 6 heteroatoms. The largest absolute Gasteiger partial charge is 0.382 e. The number of halogens is 1. The van der Waals surface area contributed by atoms with E-state index in [2.05, 4.69) is 16.5 Å². The van der Waals surface area contributed by atoms with Gasteiger partial charge in [-0.05, 0) is 30.7 Å². The first-order valence-corrected chi connectivity index (χ1v) is 6.33. The molecule has 98 valence electrons. The summed E-state index contributed by atoms with van der Waals surface area (Å²) < 4.78 is 1.53. The molecule has 0 aliphatic heterocycles. The van der Waals surface area contributed by atoms with Crippen LogP contribution in [0.2, 0.25) is 5.02 Å². The highest BCUT2D eigenvalue weighted by atomic mass is 35.5. The second-order valence-electron chi connectivity index (χ2n) is 4.04. The minimum atomic E-state index is 0.323. The zero-order valence-corrected chi connectivity index (χ0v) is 11.3. The van der Waals surface area contributed by atoms with Crippen LogP contribution >= 0.6 is 11.6 Å². The molecule has 0 atom stereocenters. The fourth-order valence-electron chi connectivity index (χ4n) is 1.69. The lowest BCUT2D eigenvalue weighted by Gasteiger charge is -2.03. The summed E-state index contributed by atoms with van der Waals surface area (Å²) in [5.41, 5.74) is 7.09. The van der Waals surface area contributed by atoms with E-state index in [1.807, 2.05) is 6.92 Å². The molecule has 1 heterocycles. The lowest BCUT2D eigenvalue weighted by atomic mass is 10.3. The van der Waals surface area contributed by atoms with Crippen molar-refractivity contribution in [1.29, 1.82) is 5.26 Å². The Morgan fingerprint density at radius 1 is 1.42 bits per heavy atom. The Morgan fingerprint density at radius 3 is 2.68 bits per heavy atom. The third-order valence-electron chi connectivity index (χ3n) is 2.65. The first kappa shape index (κ1) is 13.2. The van der Waals surface area contributed by atoms with Crippen molar-refractivity contribution in [2.45, 2.75) is 13.3 Å². The molecule has 0 aliphatic carbocycles. The van der Waals surface area contributed by atoms with Gasteiger partial charge in [0.2, 0.25) is 0 Å². The van der Waals surface area contributed by atoms with Crippen LogP contribution in [-0.4, -0.2) is 16.3 Å². The quantitative estimate of drug-likeness (QED) is 0.899. The predicted octanol–water partition coefficient (Wildman–Crippen LogP) is 2.80. The number of nitrogens with one attached hydrogen (secondary N) is 1. The van der Waals surface area contributed by atoms with Crippen LogP contribution in [0.1, 0.15) is 18.9 Å². The van der Waals surface area contributed by atoms with E-state index in [1.54, 1.807) is 24.3 Å². The van der Waals surface area contributed by atoms with Gasteiger partial charge in [-0.25, -0.2) is 4.68 Å². The summed E-state index contributed by atoms with van der Waals surface area (Å²) >= 11 is 5.85. The summed E-state index contributed by atoms with van der Waals surface area (Å²) in [6.45, 7) is 2.78. The smallest absolute Gasteiger partial charge is 0.168 e. The molecule has 0 amide bonds. The second kappa shape index (κ2) is 5.63. The summed E-state index contributed by atoms with van der Waals surface area (Å²) in [6, 6.07) is 9.19. The molecule has 2 rings (SSSR count). The fourth-order valence-corrected chi connectivity index (χ4v) is 1.81. The van der Waals surface area contributed by atoms with Gasteiger partial charge < -0.3 is 11.1 Å². The summed E-state index contributed by atoms with van der Waals surface area (Å²) in [7, 11) is 0. The van der Waals surface area contributed by atoms with E-state index in [4.69, 9.17) is 22.6 Å². The van der Waals surface area contributed by atoms with E-state index in [1.165, 1.54) is 4.68 Å². The van der Waals surface area contributed by atoms with Crippen LogP contribution < -0.4 is 11.1 Å². The van der Waals surface area contributed by atoms with Crippen molar-refractivity contribution in [1.82, 2.24) is 9.78 Å². The Labute approximate surface area is 116 Å². The molecule has 19 heavy (non-hydrogen) atoms. The lowest BCUT2D eigenvalue weighted by Crippen LogP contribution is -2.03. The predicted molar refractivity (Wildman–Crippen MR) is 76.5 cm³/mol. The molecule has 0 spiro atoms. The van der Waals surface area contributed by atoms with Gasteiger partial charge in [0.15, 0.2) is 5.82 Å². The summed E-state index contributed by atoms with van der Waals surface area (Å²) in [6.07, 6.45) is 0.943. The average Bonchev–Trinajstić information content (AvgIpc) is 2.73. The number of aromatic nitrogens is 2. The Bertz CT molecular complexity index is 609. The van der Waals surface area contributed by atoms with Crippen LogP contribution in [0.4, 0.5) is 11.6 Å².